The Hall–Kier alpha value is -2.73. The Morgan fingerprint density at radius 3 is 2.68 bits per heavy atom. The van der Waals surface area contributed by atoms with Crippen molar-refractivity contribution in [1.82, 2.24) is 9.88 Å². The van der Waals surface area contributed by atoms with Crippen molar-refractivity contribution in [1.29, 1.82) is 0 Å². The number of aromatic nitrogens is 1. The predicted octanol–water partition coefficient (Wildman–Crippen LogP) is 2.25. The normalized spacial score (nSPS) is 17.3. The second-order valence-electron chi connectivity index (χ2n) is 6.01. The maximum atomic E-state index is 12.6. The van der Waals surface area contributed by atoms with Crippen LogP contribution in [0.5, 0.6) is 0 Å². The van der Waals surface area contributed by atoms with Crippen LogP contribution in [-0.2, 0) is 11.2 Å². The van der Waals surface area contributed by atoms with Gasteiger partial charge in [0, 0.05) is 19.3 Å². The molecule has 0 spiro atoms. The van der Waals surface area contributed by atoms with Crippen molar-refractivity contribution < 1.29 is 19.4 Å². The van der Waals surface area contributed by atoms with Gasteiger partial charge in [-0.25, -0.2) is 9.78 Å². The minimum Gasteiger partial charge on any atom is -0.477 e. The van der Waals surface area contributed by atoms with Crippen molar-refractivity contribution in [3.63, 3.8) is 0 Å². The fourth-order valence-electron chi connectivity index (χ4n) is 2.88. The van der Waals surface area contributed by atoms with Crippen LogP contribution >= 0.6 is 0 Å². The van der Waals surface area contributed by atoms with Crippen LogP contribution in [0.4, 0.5) is 0 Å². The van der Waals surface area contributed by atoms with Crippen LogP contribution in [0, 0.1) is 0 Å². The van der Waals surface area contributed by atoms with Crippen molar-refractivity contribution in [2.75, 3.05) is 19.7 Å². The minimum absolute atomic E-state index is 0.00385. The summed E-state index contributed by atoms with van der Waals surface area (Å²) >= 11 is 0. The van der Waals surface area contributed by atoms with Gasteiger partial charge in [0.15, 0.2) is 0 Å². The quantitative estimate of drug-likeness (QED) is 0.903. The van der Waals surface area contributed by atoms with E-state index in [2.05, 4.69) is 17.1 Å². The lowest BCUT2D eigenvalue weighted by atomic mass is 10.1. The van der Waals surface area contributed by atoms with Crippen LogP contribution in [0.2, 0.25) is 0 Å². The van der Waals surface area contributed by atoms with Crippen LogP contribution in [0.3, 0.4) is 0 Å². The molecule has 2 heterocycles. The number of morpholine rings is 1. The fourth-order valence-corrected chi connectivity index (χ4v) is 2.88. The lowest BCUT2D eigenvalue weighted by Crippen LogP contribution is -2.45. The van der Waals surface area contributed by atoms with E-state index in [1.165, 1.54) is 23.9 Å². The molecule has 1 saturated heterocycles. The molecule has 25 heavy (non-hydrogen) atoms. The fraction of sp³-hybridized carbons (Fsp3) is 0.316. The number of carbonyl (C=O) groups is 2. The van der Waals surface area contributed by atoms with E-state index in [1.54, 1.807) is 4.90 Å². The molecule has 3 rings (SSSR count). The first kappa shape index (κ1) is 17.1. The number of ether oxygens (including phenoxy) is 1. The maximum absolute atomic E-state index is 12.6. The molecule has 6 heteroatoms. The van der Waals surface area contributed by atoms with E-state index in [9.17, 15) is 9.59 Å². The van der Waals surface area contributed by atoms with Crippen LogP contribution < -0.4 is 0 Å². The van der Waals surface area contributed by atoms with Gasteiger partial charge in [-0.05, 0) is 30.5 Å². The highest BCUT2D eigenvalue weighted by atomic mass is 16.5. The van der Waals surface area contributed by atoms with Gasteiger partial charge in [0.2, 0.25) is 0 Å². The summed E-state index contributed by atoms with van der Waals surface area (Å²) in [6.45, 7) is 1.57. The molecule has 1 atom stereocenters. The highest BCUT2D eigenvalue weighted by Gasteiger charge is 2.25. The molecule has 1 aromatic heterocycles. The molecule has 0 aliphatic carbocycles. The van der Waals surface area contributed by atoms with Crippen molar-refractivity contribution in [3.05, 3.63) is 65.5 Å². The molecule has 0 radical (unpaired) electrons. The summed E-state index contributed by atoms with van der Waals surface area (Å²) in [5.41, 5.74) is 1.58. The number of benzene rings is 1. The number of nitrogens with zero attached hydrogens (tertiary/aromatic N) is 2. The molecule has 1 fully saturated rings. The molecule has 2 aromatic rings. The summed E-state index contributed by atoms with van der Waals surface area (Å²) in [4.78, 5) is 29.0. The number of amides is 1. The topological polar surface area (TPSA) is 79.7 Å². The minimum atomic E-state index is -1.11. The van der Waals surface area contributed by atoms with Gasteiger partial charge in [0.05, 0.1) is 18.3 Å². The van der Waals surface area contributed by atoms with E-state index in [0.29, 0.717) is 25.3 Å². The van der Waals surface area contributed by atoms with Gasteiger partial charge in [0.25, 0.3) is 5.91 Å². The first-order valence-electron chi connectivity index (χ1n) is 8.27. The van der Waals surface area contributed by atoms with E-state index in [4.69, 9.17) is 9.84 Å². The molecule has 1 unspecified atom stereocenters. The van der Waals surface area contributed by atoms with E-state index in [1.807, 2.05) is 18.2 Å². The predicted molar refractivity (Wildman–Crippen MR) is 91.6 cm³/mol. The summed E-state index contributed by atoms with van der Waals surface area (Å²) in [6.07, 6.45) is 3.08. The van der Waals surface area contributed by atoms with Crippen molar-refractivity contribution >= 4 is 11.9 Å². The Kier molecular flexibility index (Phi) is 5.40. The third kappa shape index (κ3) is 4.42. The van der Waals surface area contributed by atoms with Gasteiger partial charge in [0.1, 0.15) is 5.69 Å². The zero-order valence-corrected chi connectivity index (χ0v) is 13.8. The number of aryl methyl sites for hydroxylation is 1. The monoisotopic (exact) mass is 340 g/mol. The van der Waals surface area contributed by atoms with Crippen LogP contribution in [-0.4, -0.2) is 52.7 Å². The Morgan fingerprint density at radius 1 is 1.20 bits per heavy atom. The standard InChI is InChI=1S/C19H20N2O4/c22-18(15-7-9-17(19(23)24)20-12-15)21-10-11-25-16(13-21)8-6-14-4-2-1-3-5-14/h1-5,7,9,12,16H,6,8,10-11,13H2,(H,23,24). The lowest BCUT2D eigenvalue weighted by Gasteiger charge is -2.33. The van der Waals surface area contributed by atoms with Gasteiger partial charge in [-0.3, -0.25) is 4.79 Å². The maximum Gasteiger partial charge on any atom is 0.354 e. The first-order chi connectivity index (χ1) is 12.1. The summed E-state index contributed by atoms with van der Waals surface area (Å²) in [5, 5.41) is 8.88. The first-order valence-corrected chi connectivity index (χ1v) is 8.27. The molecular weight excluding hydrogens is 320 g/mol. The van der Waals surface area contributed by atoms with Crippen LogP contribution in [0.15, 0.2) is 48.7 Å². The molecule has 1 aliphatic heterocycles. The second kappa shape index (κ2) is 7.90. The Bertz CT molecular complexity index is 731. The molecule has 1 amide bonds. The number of carbonyl (C=O) groups excluding carboxylic acids is 1. The summed E-state index contributed by atoms with van der Waals surface area (Å²) in [5.74, 6) is -1.25. The second-order valence-corrected chi connectivity index (χ2v) is 6.01. The number of carboxylic acid groups (broad SMARTS) is 1. The van der Waals surface area contributed by atoms with Gasteiger partial charge < -0.3 is 14.7 Å². The number of carboxylic acids is 1. The largest absolute Gasteiger partial charge is 0.477 e. The van der Waals surface area contributed by atoms with Crippen molar-refractivity contribution in [2.45, 2.75) is 18.9 Å². The number of aromatic carboxylic acids is 1. The van der Waals surface area contributed by atoms with E-state index < -0.39 is 5.97 Å². The van der Waals surface area contributed by atoms with Crippen LogP contribution in [0.1, 0.15) is 32.8 Å². The Balaban J connectivity index is 1.58. The molecule has 130 valence electrons. The molecule has 1 aromatic carbocycles. The molecule has 6 nitrogen and oxygen atoms in total. The van der Waals surface area contributed by atoms with Crippen LogP contribution in [0.25, 0.3) is 0 Å². The summed E-state index contributed by atoms with van der Waals surface area (Å²) in [7, 11) is 0. The van der Waals surface area contributed by atoms with Crippen molar-refractivity contribution in [3.8, 4) is 0 Å². The number of hydrogen-bond donors (Lipinski definition) is 1. The smallest absolute Gasteiger partial charge is 0.354 e. The zero-order valence-electron chi connectivity index (χ0n) is 13.8. The summed E-state index contributed by atoms with van der Waals surface area (Å²) < 4.78 is 5.78. The Morgan fingerprint density at radius 2 is 2.00 bits per heavy atom. The number of rotatable bonds is 5. The third-order valence-electron chi connectivity index (χ3n) is 4.25. The van der Waals surface area contributed by atoms with Crippen molar-refractivity contribution in [2.24, 2.45) is 0 Å². The highest BCUT2D eigenvalue weighted by Crippen LogP contribution is 2.15. The third-order valence-corrected chi connectivity index (χ3v) is 4.25. The molecule has 0 bridgehead atoms. The Labute approximate surface area is 146 Å². The lowest BCUT2D eigenvalue weighted by molar-refractivity contribution is -0.0246. The highest BCUT2D eigenvalue weighted by molar-refractivity contribution is 5.95. The number of pyridine rings is 1. The van der Waals surface area contributed by atoms with Gasteiger partial charge >= 0.3 is 5.97 Å². The molecule has 1 N–H and O–H groups in total. The van der Waals surface area contributed by atoms with Gasteiger partial charge in [-0.2, -0.15) is 0 Å². The molecule has 0 saturated carbocycles. The zero-order chi connectivity index (χ0) is 17.6. The average molecular weight is 340 g/mol. The van der Waals surface area contributed by atoms with Gasteiger partial charge in [-0.15, -0.1) is 0 Å². The van der Waals surface area contributed by atoms with E-state index in [-0.39, 0.29) is 17.7 Å². The molecular formula is C19H20N2O4. The van der Waals surface area contributed by atoms with E-state index >= 15 is 0 Å². The summed E-state index contributed by atoms with van der Waals surface area (Å²) in [6, 6.07) is 13.0. The molecule has 1 aliphatic rings. The van der Waals surface area contributed by atoms with E-state index in [0.717, 1.165) is 12.8 Å². The SMILES string of the molecule is O=C(O)c1ccc(C(=O)N2CCOC(CCc3ccccc3)C2)cn1. The number of hydrogen-bond acceptors (Lipinski definition) is 4. The van der Waals surface area contributed by atoms with Gasteiger partial charge in [-0.1, -0.05) is 30.3 Å². The average Bonchev–Trinajstić information content (AvgIpc) is 2.67.